The highest BCUT2D eigenvalue weighted by atomic mass is 16.4. The standard InChI is InChI=1S/C22H31N5O3/c1-6-26(22(29)30)20-11-15(2)27(5,16(3)28)21-8-7-17(12-19(20)21)18-13-24-25(14-18)10-9-23-4/h7-8,12-15,20,23H,6,9-11H2,1-5H3/p+1/t15-,20+,27?/m0/s1. The molecule has 1 aromatic heterocycles. The molecule has 2 N–H and O–H groups in total. The van der Waals surface area contributed by atoms with Crippen molar-refractivity contribution in [1.82, 2.24) is 24.5 Å². The number of amides is 2. The molecule has 8 nitrogen and oxygen atoms in total. The zero-order valence-electron chi connectivity index (χ0n) is 18.4. The van der Waals surface area contributed by atoms with Crippen LogP contribution in [-0.4, -0.2) is 65.0 Å². The minimum atomic E-state index is -0.940. The van der Waals surface area contributed by atoms with E-state index < -0.39 is 6.09 Å². The average molecular weight is 415 g/mol. The number of benzene rings is 1. The van der Waals surface area contributed by atoms with Crippen molar-refractivity contribution in [1.29, 1.82) is 0 Å². The molecule has 0 saturated carbocycles. The van der Waals surface area contributed by atoms with E-state index in [9.17, 15) is 14.7 Å². The lowest BCUT2D eigenvalue weighted by molar-refractivity contribution is -0.129. The number of carbonyl (C=O) groups excluding carboxylic acids is 1. The second-order valence-corrected chi connectivity index (χ2v) is 8.13. The fourth-order valence-electron chi connectivity index (χ4n) is 4.45. The highest BCUT2D eigenvalue weighted by Gasteiger charge is 2.47. The van der Waals surface area contributed by atoms with Crippen molar-refractivity contribution < 1.29 is 14.7 Å². The van der Waals surface area contributed by atoms with Crippen LogP contribution in [0.3, 0.4) is 0 Å². The van der Waals surface area contributed by atoms with Gasteiger partial charge in [0.05, 0.1) is 38.8 Å². The van der Waals surface area contributed by atoms with Crippen LogP contribution in [0, 0.1) is 0 Å². The molecular weight excluding hydrogens is 382 g/mol. The van der Waals surface area contributed by atoms with Gasteiger partial charge in [0.1, 0.15) is 5.69 Å². The third kappa shape index (κ3) is 3.73. The summed E-state index contributed by atoms with van der Waals surface area (Å²) in [6.07, 6.45) is 3.47. The van der Waals surface area contributed by atoms with E-state index in [0.29, 0.717) is 13.0 Å². The predicted octanol–water partition coefficient (Wildman–Crippen LogP) is 3.09. The van der Waals surface area contributed by atoms with E-state index in [1.165, 1.54) is 4.90 Å². The molecule has 2 heterocycles. The Morgan fingerprint density at radius 3 is 2.70 bits per heavy atom. The Bertz CT molecular complexity index is 941. The number of rotatable bonds is 6. The summed E-state index contributed by atoms with van der Waals surface area (Å²) in [6.45, 7) is 7.46. The summed E-state index contributed by atoms with van der Waals surface area (Å²) in [5, 5.41) is 17.3. The van der Waals surface area contributed by atoms with Gasteiger partial charge in [-0.2, -0.15) is 5.10 Å². The molecule has 2 aromatic rings. The molecule has 1 aliphatic heterocycles. The number of carboxylic acid groups (broad SMARTS) is 1. The maximum Gasteiger partial charge on any atom is 0.407 e. The van der Waals surface area contributed by atoms with Gasteiger partial charge in [-0.3, -0.25) is 4.68 Å². The summed E-state index contributed by atoms with van der Waals surface area (Å²) in [4.78, 5) is 26.1. The molecule has 162 valence electrons. The SMILES string of the molecule is CCN(C(=O)O)[C@@H]1C[C@H](C)[N+](C)(C(C)=O)c2ccc(-c3cnn(CCNC)c3)cc21. The van der Waals surface area contributed by atoms with Crippen molar-refractivity contribution in [3.8, 4) is 11.1 Å². The lowest BCUT2D eigenvalue weighted by Gasteiger charge is -2.45. The average Bonchev–Trinajstić information content (AvgIpc) is 3.18. The molecular formula is C22H32N5O3+. The quantitative estimate of drug-likeness (QED) is 0.710. The molecule has 1 aliphatic rings. The number of quaternary nitrogens is 1. The minimum absolute atomic E-state index is 0.0245. The van der Waals surface area contributed by atoms with Gasteiger partial charge < -0.3 is 15.3 Å². The maximum absolute atomic E-state index is 12.7. The van der Waals surface area contributed by atoms with Crippen LogP contribution in [0.15, 0.2) is 30.6 Å². The van der Waals surface area contributed by atoms with E-state index in [2.05, 4.69) is 10.4 Å². The van der Waals surface area contributed by atoms with Gasteiger partial charge in [0.25, 0.3) is 0 Å². The molecule has 3 rings (SSSR count). The van der Waals surface area contributed by atoms with Crippen LogP contribution in [0.2, 0.25) is 0 Å². The Labute approximate surface area is 177 Å². The highest BCUT2D eigenvalue weighted by molar-refractivity contribution is 5.89. The van der Waals surface area contributed by atoms with Gasteiger partial charge in [0, 0.05) is 42.9 Å². The van der Waals surface area contributed by atoms with E-state index in [-0.39, 0.29) is 22.5 Å². The molecule has 0 bridgehead atoms. The third-order valence-corrected chi connectivity index (χ3v) is 6.51. The zero-order valence-corrected chi connectivity index (χ0v) is 18.4. The first kappa shape index (κ1) is 22.0. The van der Waals surface area contributed by atoms with E-state index in [1.54, 1.807) is 6.92 Å². The van der Waals surface area contributed by atoms with Gasteiger partial charge in [0.15, 0.2) is 0 Å². The summed E-state index contributed by atoms with van der Waals surface area (Å²) < 4.78 is 2.06. The number of nitrogens with zero attached hydrogens (tertiary/aromatic N) is 4. The largest absolute Gasteiger partial charge is 0.465 e. The van der Waals surface area contributed by atoms with Crippen LogP contribution >= 0.6 is 0 Å². The number of likely N-dealkylation sites (N-methyl/N-ethyl adjacent to an activating group) is 1. The summed E-state index contributed by atoms with van der Waals surface area (Å²) in [6, 6.07) is 5.71. The van der Waals surface area contributed by atoms with E-state index in [4.69, 9.17) is 0 Å². The van der Waals surface area contributed by atoms with E-state index in [1.807, 2.05) is 63.2 Å². The summed E-state index contributed by atoms with van der Waals surface area (Å²) >= 11 is 0. The van der Waals surface area contributed by atoms with Gasteiger partial charge in [-0.05, 0) is 38.6 Å². The Hall–Kier alpha value is -2.71. The first-order valence-corrected chi connectivity index (χ1v) is 10.4. The second kappa shape index (κ2) is 8.57. The molecule has 0 saturated heterocycles. The van der Waals surface area contributed by atoms with E-state index >= 15 is 0 Å². The van der Waals surface area contributed by atoms with E-state index in [0.717, 1.165) is 35.5 Å². The summed E-state index contributed by atoms with van der Waals surface area (Å²) in [5.74, 6) is 0.0493. The first-order valence-electron chi connectivity index (χ1n) is 10.4. The maximum atomic E-state index is 12.7. The molecule has 0 aliphatic carbocycles. The first-order chi connectivity index (χ1) is 14.2. The van der Waals surface area contributed by atoms with Crippen LogP contribution in [-0.2, 0) is 11.3 Å². The van der Waals surface area contributed by atoms with Crippen molar-refractivity contribution in [2.24, 2.45) is 0 Å². The highest BCUT2D eigenvalue weighted by Crippen LogP contribution is 2.45. The Kier molecular flexibility index (Phi) is 6.28. The zero-order chi connectivity index (χ0) is 22.1. The van der Waals surface area contributed by atoms with Gasteiger partial charge in [-0.15, -0.1) is 0 Å². The monoisotopic (exact) mass is 414 g/mol. The van der Waals surface area contributed by atoms with Crippen LogP contribution in [0.5, 0.6) is 0 Å². The fraction of sp³-hybridized carbons (Fsp3) is 0.500. The Morgan fingerprint density at radius 2 is 2.10 bits per heavy atom. The van der Waals surface area contributed by atoms with Crippen LogP contribution in [0.1, 0.15) is 38.8 Å². The Morgan fingerprint density at radius 1 is 1.37 bits per heavy atom. The lowest BCUT2D eigenvalue weighted by atomic mass is 9.86. The lowest BCUT2D eigenvalue weighted by Crippen LogP contribution is -2.60. The van der Waals surface area contributed by atoms with Crippen molar-refractivity contribution in [3.05, 3.63) is 36.2 Å². The predicted molar refractivity (Wildman–Crippen MR) is 117 cm³/mol. The third-order valence-electron chi connectivity index (χ3n) is 6.51. The van der Waals surface area contributed by atoms with Gasteiger partial charge in [0.2, 0.25) is 0 Å². The number of hydrogen-bond donors (Lipinski definition) is 2. The number of nitrogens with one attached hydrogen (secondary N) is 1. The number of hydrogen-bond acceptors (Lipinski definition) is 4. The number of aromatic nitrogens is 2. The molecule has 30 heavy (non-hydrogen) atoms. The van der Waals surface area contributed by atoms with Gasteiger partial charge in [-0.25, -0.2) is 14.1 Å². The van der Waals surface area contributed by atoms with Crippen molar-refractivity contribution in [2.45, 2.75) is 45.8 Å². The molecule has 1 aromatic carbocycles. The summed E-state index contributed by atoms with van der Waals surface area (Å²) in [5.41, 5.74) is 3.72. The van der Waals surface area contributed by atoms with Crippen LogP contribution in [0.4, 0.5) is 10.5 Å². The second-order valence-electron chi connectivity index (χ2n) is 8.13. The molecule has 3 atom stereocenters. The van der Waals surface area contributed by atoms with Crippen molar-refractivity contribution in [2.75, 3.05) is 27.2 Å². The smallest absolute Gasteiger partial charge is 0.407 e. The fourth-order valence-corrected chi connectivity index (χ4v) is 4.45. The van der Waals surface area contributed by atoms with Crippen molar-refractivity contribution >= 4 is 17.7 Å². The van der Waals surface area contributed by atoms with Crippen LogP contribution < -0.4 is 9.80 Å². The van der Waals surface area contributed by atoms with Gasteiger partial charge in [-0.1, -0.05) is 0 Å². The van der Waals surface area contributed by atoms with Crippen LogP contribution in [0.25, 0.3) is 11.1 Å². The molecule has 0 fully saturated rings. The molecule has 2 amide bonds. The summed E-state index contributed by atoms with van der Waals surface area (Å²) in [7, 11) is 3.83. The molecule has 1 unspecified atom stereocenters. The topological polar surface area (TPSA) is 87.5 Å². The van der Waals surface area contributed by atoms with Gasteiger partial charge >= 0.3 is 12.0 Å². The van der Waals surface area contributed by atoms with Crippen molar-refractivity contribution in [3.63, 3.8) is 0 Å². The number of carbonyl (C=O) groups is 2. The molecule has 0 spiro atoms. The Balaban J connectivity index is 2.11. The normalized spacial score (nSPS) is 23.1. The molecule has 0 radical (unpaired) electrons. The number of fused-ring (bicyclic) bond motifs is 1. The molecule has 8 heteroatoms. The minimum Gasteiger partial charge on any atom is -0.465 e.